The van der Waals surface area contributed by atoms with Gasteiger partial charge in [-0.25, -0.2) is 18.2 Å². The van der Waals surface area contributed by atoms with Crippen LogP contribution in [0.3, 0.4) is 0 Å². The maximum Gasteiger partial charge on any atom is 0.266 e. The molecule has 0 aliphatic carbocycles. The van der Waals surface area contributed by atoms with Gasteiger partial charge in [0.25, 0.3) is 6.43 Å². The van der Waals surface area contributed by atoms with E-state index >= 15 is 0 Å². The molecule has 3 nitrogen and oxygen atoms in total. The smallest absolute Gasteiger partial charge is 0.266 e. The van der Waals surface area contributed by atoms with Crippen molar-refractivity contribution in [3.63, 3.8) is 0 Å². The molecule has 0 amide bonds. The van der Waals surface area contributed by atoms with Crippen molar-refractivity contribution >= 4 is 12.1 Å². The fraction of sp³-hybridized carbons (Fsp3) is 0.143. The third-order valence-electron chi connectivity index (χ3n) is 1.39. The molecule has 13 heavy (non-hydrogen) atoms. The molecule has 0 saturated carbocycles. The highest BCUT2D eigenvalue weighted by Gasteiger charge is 2.17. The molecule has 0 aromatic carbocycles. The van der Waals surface area contributed by atoms with Gasteiger partial charge in [-0.15, -0.1) is 0 Å². The largest absolute Gasteiger partial charge is 0.381 e. The standard InChI is InChI=1S/C7H5F3N2O/c8-5-4(6(9)10)1-3(2-13)12-7(5)11/h1-2,6H,(H2,11,12). The highest BCUT2D eigenvalue weighted by molar-refractivity contribution is 5.73. The van der Waals surface area contributed by atoms with E-state index in [9.17, 15) is 18.0 Å². The fourth-order valence-corrected chi connectivity index (χ4v) is 0.810. The first-order valence-corrected chi connectivity index (χ1v) is 3.25. The van der Waals surface area contributed by atoms with Gasteiger partial charge in [0.2, 0.25) is 0 Å². The van der Waals surface area contributed by atoms with Crippen LogP contribution in [-0.2, 0) is 0 Å². The molecule has 0 aliphatic heterocycles. The Morgan fingerprint density at radius 1 is 1.54 bits per heavy atom. The average molecular weight is 190 g/mol. The van der Waals surface area contributed by atoms with Crippen molar-refractivity contribution in [3.8, 4) is 0 Å². The lowest BCUT2D eigenvalue weighted by molar-refractivity contribution is 0.111. The van der Waals surface area contributed by atoms with Gasteiger partial charge in [-0.3, -0.25) is 4.79 Å². The topological polar surface area (TPSA) is 56.0 Å². The van der Waals surface area contributed by atoms with Crippen LogP contribution >= 0.6 is 0 Å². The van der Waals surface area contributed by atoms with E-state index in [0.29, 0.717) is 6.07 Å². The molecule has 0 radical (unpaired) electrons. The molecular weight excluding hydrogens is 185 g/mol. The summed E-state index contributed by atoms with van der Waals surface area (Å²) in [6, 6.07) is 0.670. The summed E-state index contributed by atoms with van der Waals surface area (Å²) < 4.78 is 37.0. The number of rotatable bonds is 2. The highest BCUT2D eigenvalue weighted by Crippen LogP contribution is 2.24. The lowest BCUT2D eigenvalue weighted by Gasteiger charge is -2.03. The Morgan fingerprint density at radius 3 is 2.62 bits per heavy atom. The molecule has 0 unspecified atom stereocenters. The van der Waals surface area contributed by atoms with E-state index in [0.717, 1.165) is 0 Å². The van der Waals surface area contributed by atoms with Crippen LogP contribution in [0.25, 0.3) is 0 Å². The fourth-order valence-electron chi connectivity index (χ4n) is 0.810. The Hall–Kier alpha value is -1.59. The second-order valence-electron chi connectivity index (χ2n) is 2.25. The average Bonchev–Trinajstić information content (AvgIpc) is 2.09. The summed E-state index contributed by atoms with van der Waals surface area (Å²) in [5.74, 6) is -1.97. The lowest BCUT2D eigenvalue weighted by Crippen LogP contribution is -2.03. The SMILES string of the molecule is Nc1nc(C=O)cc(C(F)F)c1F. The number of nitrogens with two attached hydrogens (primary N) is 1. The highest BCUT2D eigenvalue weighted by atomic mass is 19.3. The third kappa shape index (κ3) is 1.77. The maximum atomic E-state index is 12.8. The van der Waals surface area contributed by atoms with Crippen molar-refractivity contribution < 1.29 is 18.0 Å². The summed E-state index contributed by atoms with van der Waals surface area (Å²) in [7, 11) is 0. The number of carbonyl (C=O) groups is 1. The maximum absolute atomic E-state index is 12.8. The summed E-state index contributed by atoms with van der Waals surface area (Å²) in [5, 5.41) is 0. The van der Waals surface area contributed by atoms with Gasteiger partial charge in [-0.2, -0.15) is 0 Å². The first-order valence-electron chi connectivity index (χ1n) is 3.25. The molecule has 70 valence electrons. The van der Waals surface area contributed by atoms with E-state index in [4.69, 9.17) is 5.73 Å². The van der Waals surface area contributed by atoms with Crippen molar-refractivity contribution in [1.29, 1.82) is 0 Å². The summed E-state index contributed by atoms with van der Waals surface area (Å²) in [4.78, 5) is 13.4. The van der Waals surface area contributed by atoms with Crippen molar-refractivity contribution in [3.05, 3.63) is 23.1 Å². The van der Waals surface area contributed by atoms with Crippen LogP contribution in [0, 0.1) is 5.82 Å². The summed E-state index contributed by atoms with van der Waals surface area (Å²) in [5.41, 5.74) is 3.74. The van der Waals surface area contributed by atoms with Gasteiger partial charge in [0, 0.05) is 0 Å². The van der Waals surface area contributed by atoms with Gasteiger partial charge in [0.15, 0.2) is 17.9 Å². The number of nitrogen functional groups attached to an aromatic ring is 1. The molecule has 0 fully saturated rings. The first kappa shape index (κ1) is 9.50. The van der Waals surface area contributed by atoms with Crippen molar-refractivity contribution in [2.45, 2.75) is 6.43 Å². The van der Waals surface area contributed by atoms with Crippen LogP contribution in [-0.4, -0.2) is 11.3 Å². The monoisotopic (exact) mass is 190 g/mol. The second kappa shape index (κ2) is 3.42. The van der Waals surface area contributed by atoms with Crippen LogP contribution in [0.5, 0.6) is 0 Å². The second-order valence-corrected chi connectivity index (χ2v) is 2.25. The molecule has 1 aromatic rings. The van der Waals surface area contributed by atoms with Crippen molar-refractivity contribution in [2.24, 2.45) is 0 Å². The van der Waals surface area contributed by atoms with Crippen molar-refractivity contribution in [1.82, 2.24) is 4.98 Å². The molecule has 1 rings (SSSR count). The quantitative estimate of drug-likeness (QED) is 0.720. The predicted octanol–water partition coefficient (Wildman–Crippen LogP) is 1.55. The zero-order valence-electron chi connectivity index (χ0n) is 6.30. The number of anilines is 1. The molecule has 0 bridgehead atoms. The van der Waals surface area contributed by atoms with E-state index in [1.54, 1.807) is 0 Å². The normalized spacial score (nSPS) is 10.5. The predicted molar refractivity (Wildman–Crippen MR) is 39.0 cm³/mol. The number of carbonyl (C=O) groups excluding carboxylic acids is 1. The molecule has 2 N–H and O–H groups in total. The minimum Gasteiger partial charge on any atom is -0.381 e. The van der Waals surface area contributed by atoms with Gasteiger partial charge in [0.1, 0.15) is 5.69 Å². The number of pyridine rings is 1. The Labute approximate surface area is 71.4 Å². The molecule has 0 aliphatic rings. The number of hydrogen-bond donors (Lipinski definition) is 1. The van der Waals surface area contributed by atoms with Crippen LogP contribution in [0.2, 0.25) is 0 Å². The van der Waals surface area contributed by atoms with E-state index < -0.39 is 23.6 Å². The van der Waals surface area contributed by atoms with E-state index in [1.807, 2.05) is 0 Å². The molecule has 0 saturated heterocycles. The number of aldehydes is 1. The molecule has 6 heteroatoms. The summed E-state index contributed by atoms with van der Waals surface area (Å²) >= 11 is 0. The minimum absolute atomic E-state index is 0.224. The van der Waals surface area contributed by atoms with E-state index in [1.165, 1.54) is 0 Å². The molecule has 1 aromatic heterocycles. The Balaban J connectivity index is 3.32. The number of halogens is 3. The first-order chi connectivity index (χ1) is 6.06. The van der Waals surface area contributed by atoms with Crippen molar-refractivity contribution in [2.75, 3.05) is 5.73 Å². The number of hydrogen-bond acceptors (Lipinski definition) is 3. The van der Waals surface area contributed by atoms with Gasteiger partial charge in [-0.1, -0.05) is 0 Å². The van der Waals surface area contributed by atoms with E-state index in [2.05, 4.69) is 4.98 Å². The molecule has 1 heterocycles. The van der Waals surface area contributed by atoms with Crippen LogP contribution in [0.1, 0.15) is 22.5 Å². The summed E-state index contributed by atoms with van der Waals surface area (Å²) in [6.07, 6.45) is -2.79. The third-order valence-corrected chi connectivity index (χ3v) is 1.39. The zero-order valence-corrected chi connectivity index (χ0v) is 6.30. The number of aromatic nitrogens is 1. The van der Waals surface area contributed by atoms with Crippen LogP contribution < -0.4 is 5.73 Å². The molecule has 0 atom stereocenters. The van der Waals surface area contributed by atoms with Crippen LogP contribution in [0.4, 0.5) is 19.0 Å². The Bertz CT molecular complexity index is 341. The van der Waals surface area contributed by atoms with Gasteiger partial charge in [0.05, 0.1) is 5.56 Å². The Morgan fingerprint density at radius 2 is 2.15 bits per heavy atom. The van der Waals surface area contributed by atoms with Gasteiger partial charge < -0.3 is 5.73 Å². The molecular formula is C7H5F3N2O. The lowest BCUT2D eigenvalue weighted by atomic mass is 10.2. The number of alkyl halides is 2. The Kier molecular flexibility index (Phi) is 2.50. The molecule has 0 spiro atoms. The minimum atomic E-state index is -3.01. The van der Waals surface area contributed by atoms with Gasteiger partial charge >= 0.3 is 0 Å². The van der Waals surface area contributed by atoms with Gasteiger partial charge in [-0.05, 0) is 6.07 Å². The zero-order chi connectivity index (χ0) is 10.0. The number of nitrogens with zero attached hydrogens (tertiary/aromatic N) is 1. The summed E-state index contributed by atoms with van der Waals surface area (Å²) in [6.45, 7) is 0. The van der Waals surface area contributed by atoms with Crippen LogP contribution in [0.15, 0.2) is 6.07 Å². The van der Waals surface area contributed by atoms with E-state index in [-0.39, 0.29) is 12.0 Å².